The van der Waals surface area contributed by atoms with Crippen molar-refractivity contribution in [2.75, 3.05) is 26.4 Å². The molecule has 2 rings (SSSR count). The first kappa shape index (κ1) is 19.8. The number of benzene rings is 1. The summed E-state index contributed by atoms with van der Waals surface area (Å²) in [6.07, 6.45) is 4.61. The lowest BCUT2D eigenvalue weighted by Crippen LogP contribution is -1.98. The first-order chi connectivity index (χ1) is 12.8. The quantitative estimate of drug-likeness (QED) is 0.556. The number of nitrogens with zero attached hydrogens (tertiary/aromatic N) is 1. The monoisotopic (exact) mass is 351 g/mol. The second-order valence-electron chi connectivity index (χ2n) is 5.72. The van der Waals surface area contributed by atoms with Gasteiger partial charge in [-0.25, -0.2) is 4.98 Å². The molecule has 0 aliphatic carbocycles. The Morgan fingerprint density at radius 3 is 2.38 bits per heavy atom. The van der Waals surface area contributed by atoms with E-state index in [1.54, 1.807) is 0 Å². The van der Waals surface area contributed by atoms with E-state index in [2.05, 4.69) is 42.7 Å². The van der Waals surface area contributed by atoms with Crippen LogP contribution in [0.3, 0.4) is 0 Å². The van der Waals surface area contributed by atoms with Crippen molar-refractivity contribution in [1.82, 2.24) is 4.98 Å². The van der Waals surface area contributed by atoms with Gasteiger partial charge < -0.3 is 14.2 Å². The third-order valence-corrected chi connectivity index (χ3v) is 3.60. The highest BCUT2D eigenvalue weighted by Gasteiger charge is 2.11. The van der Waals surface area contributed by atoms with Crippen LogP contribution in [0, 0.1) is 30.8 Å². The highest BCUT2D eigenvalue weighted by molar-refractivity contribution is 5.85. The zero-order chi connectivity index (χ0) is 18.6. The van der Waals surface area contributed by atoms with E-state index in [1.807, 2.05) is 31.2 Å². The molecule has 0 amide bonds. The van der Waals surface area contributed by atoms with E-state index in [1.165, 1.54) is 0 Å². The lowest BCUT2D eigenvalue weighted by Gasteiger charge is -2.08. The Morgan fingerprint density at radius 1 is 0.962 bits per heavy atom. The largest absolute Gasteiger partial charge is 0.386 e. The molecule has 136 valence electrons. The molecule has 0 radical (unpaired) electrons. The first-order valence-corrected chi connectivity index (χ1v) is 8.96. The summed E-state index contributed by atoms with van der Waals surface area (Å²) in [4.78, 5) is 4.58. The molecule has 1 aromatic carbocycles. The normalized spacial score (nSPS) is 9.96. The average Bonchev–Trinajstić information content (AvgIpc) is 2.66. The lowest BCUT2D eigenvalue weighted by atomic mass is 10.0. The highest BCUT2D eigenvalue weighted by Crippen LogP contribution is 2.26. The van der Waals surface area contributed by atoms with E-state index >= 15 is 0 Å². The number of hydrogen-bond donors (Lipinski definition) is 0. The molecule has 0 unspecified atom stereocenters. The van der Waals surface area contributed by atoms with Crippen molar-refractivity contribution < 1.29 is 14.2 Å². The minimum Gasteiger partial charge on any atom is -0.386 e. The summed E-state index contributed by atoms with van der Waals surface area (Å²) < 4.78 is 16.3. The van der Waals surface area contributed by atoms with Crippen molar-refractivity contribution >= 4 is 10.9 Å². The topological polar surface area (TPSA) is 40.6 Å². The molecule has 4 nitrogen and oxygen atoms in total. The molecule has 4 heteroatoms. The molecule has 0 bridgehead atoms. The SMILES string of the molecule is CCCOCC#COc1nc2ccccc2c(C)c1C#CCOCCC. The van der Waals surface area contributed by atoms with Crippen LogP contribution in [-0.2, 0) is 9.47 Å². The molecule has 0 aliphatic rings. The lowest BCUT2D eigenvalue weighted by molar-refractivity contribution is 0.167. The molecule has 0 spiro atoms. The van der Waals surface area contributed by atoms with Crippen LogP contribution >= 0.6 is 0 Å². The molecule has 1 heterocycles. The van der Waals surface area contributed by atoms with Gasteiger partial charge in [-0.15, -0.1) is 0 Å². The zero-order valence-electron chi connectivity index (χ0n) is 15.7. The maximum Gasteiger partial charge on any atom is 0.247 e. The standard InChI is InChI=1S/C22H25NO3/c1-4-13-24-15-8-11-20-18(3)19-10-6-7-12-21(19)23-22(20)26-17-9-16-25-14-5-2/h6-7,10,12H,4-5,13-16H2,1-3H3. The number of rotatable bonds is 7. The number of fused-ring (bicyclic) bond motifs is 1. The molecule has 0 aliphatic heterocycles. The van der Waals surface area contributed by atoms with E-state index in [-0.39, 0.29) is 0 Å². The summed E-state index contributed by atoms with van der Waals surface area (Å²) in [7, 11) is 0. The Balaban J connectivity index is 2.25. The molecule has 0 N–H and O–H groups in total. The molecule has 2 aromatic rings. The third-order valence-electron chi connectivity index (χ3n) is 3.60. The van der Waals surface area contributed by atoms with E-state index in [0.29, 0.717) is 32.3 Å². The van der Waals surface area contributed by atoms with Gasteiger partial charge in [-0.05, 0) is 37.3 Å². The van der Waals surface area contributed by atoms with Crippen LogP contribution < -0.4 is 4.74 Å². The Hall–Kier alpha value is -2.53. The molecule has 0 fully saturated rings. The van der Waals surface area contributed by atoms with Gasteiger partial charge in [-0.2, -0.15) is 0 Å². The summed E-state index contributed by atoms with van der Waals surface area (Å²) >= 11 is 0. The predicted octanol–water partition coefficient (Wildman–Crippen LogP) is 4.09. The maximum atomic E-state index is 5.59. The molecule has 0 atom stereocenters. The fraction of sp³-hybridized carbons (Fsp3) is 0.409. The Bertz CT molecular complexity index is 837. The molecular formula is C22H25NO3. The fourth-order valence-corrected chi connectivity index (χ4v) is 2.34. The van der Waals surface area contributed by atoms with Crippen molar-refractivity contribution in [3.63, 3.8) is 0 Å². The Kier molecular flexibility index (Phi) is 8.49. The smallest absolute Gasteiger partial charge is 0.247 e. The van der Waals surface area contributed by atoms with Gasteiger partial charge in [0.15, 0.2) is 0 Å². The molecular weight excluding hydrogens is 326 g/mol. The maximum absolute atomic E-state index is 5.59. The number of pyridine rings is 1. The Morgan fingerprint density at radius 2 is 1.65 bits per heavy atom. The summed E-state index contributed by atoms with van der Waals surface area (Å²) in [6.45, 7) is 8.27. The Labute approximate surface area is 155 Å². The van der Waals surface area contributed by atoms with E-state index in [0.717, 1.165) is 34.9 Å². The van der Waals surface area contributed by atoms with Crippen LogP contribution in [0.1, 0.15) is 37.8 Å². The van der Waals surface area contributed by atoms with E-state index in [4.69, 9.17) is 14.2 Å². The molecule has 0 saturated carbocycles. The van der Waals surface area contributed by atoms with Crippen LogP contribution in [0.25, 0.3) is 10.9 Å². The van der Waals surface area contributed by atoms with Crippen LogP contribution in [0.15, 0.2) is 24.3 Å². The van der Waals surface area contributed by atoms with Crippen LogP contribution in [0.2, 0.25) is 0 Å². The van der Waals surface area contributed by atoms with Gasteiger partial charge in [0.25, 0.3) is 0 Å². The number of hydrogen-bond acceptors (Lipinski definition) is 4. The van der Waals surface area contributed by atoms with Crippen LogP contribution in [0.4, 0.5) is 0 Å². The van der Waals surface area contributed by atoms with Gasteiger partial charge in [0.1, 0.15) is 19.3 Å². The summed E-state index contributed by atoms with van der Waals surface area (Å²) in [5.74, 6) is 9.43. The van der Waals surface area contributed by atoms with Crippen molar-refractivity contribution in [2.45, 2.75) is 33.6 Å². The van der Waals surface area contributed by atoms with Crippen LogP contribution in [0.5, 0.6) is 5.88 Å². The number of aromatic nitrogens is 1. The minimum absolute atomic E-state index is 0.340. The van der Waals surface area contributed by atoms with Crippen molar-refractivity contribution in [3.8, 4) is 29.7 Å². The molecule has 26 heavy (non-hydrogen) atoms. The first-order valence-electron chi connectivity index (χ1n) is 8.96. The minimum atomic E-state index is 0.340. The van der Waals surface area contributed by atoms with Gasteiger partial charge in [-0.1, -0.05) is 43.9 Å². The summed E-state index contributed by atoms with van der Waals surface area (Å²) in [5.41, 5.74) is 2.63. The number of aryl methyl sites for hydroxylation is 1. The second kappa shape index (κ2) is 11.2. The van der Waals surface area contributed by atoms with Gasteiger partial charge in [0, 0.05) is 18.6 Å². The van der Waals surface area contributed by atoms with E-state index < -0.39 is 0 Å². The molecule has 1 aromatic heterocycles. The summed E-state index contributed by atoms with van der Waals surface area (Å²) in [6, 6.07) is 7.93. The summed E-state index contributed by atoms with van der Waals surface area (Å²) in [5, 5.41) is 1.05. The molecule has 0 saturated heterocycles. The van der Waals surface area contributed by atoms with Crippen molar-refractivity contribution in [2.24, 2.45) is 0 Å². The number of ether oxygens (including phenoxy) is 3. The third kappa shape index (κ3) is 5.77. The number of para-hydroxylation sites is 1. The van der Waals surface area contributed by atoms with E-state index in [9.17, 15) is 0 Å². The van der Waals surface area contributed by atoms with Gasteiger partial charge in [-0.3, -0.25) is 0 Å². The van der Waals surface area contributed by atoms with Gasteiger partial charge in [0.2, 0.25) is 5.88 Å². The fourth-order valence-electron chi connectivity index (χ4n) is 2.34. The zero-order valence-corrected chi connectivity index (χ0v) is 15.7. The average molecular weight is 351 g/mol. The van der Waals surface area contributed by atoms with Crippen LogP contribution in [-0.4, -0.2) is 31.4 Å². The second-order valence-corrected chi connectivity index (χ2v) is 5.72. The predicted molar refractivity (Wildman–Crippen MR) is 104 cm³/mol. The van der Waals surface area contributed by atoms with Crippen molar-refractivity contribution in [1.29, 1.82) is 0 Å². The van der Waals surface area contributed by atoms with Crippen molar-refractivity contribution in [3.05, 3.63) is 35.4 Å². The highest BCUT2D eigenvalue weighted by atomic mass is 16.5. The van der Waals surface area contributed by atoms with Gasteiger partial charge in [0.05, 0.1) is 11.1 Å². The van der Waals surface area contributed by atoms with Gasteiger partial charge >= 0.3 is 0 Å².